The molecular formula is C18H21NO2S. The van der Waals surface area contributed by atoms with E-state index in [9.17, 15) is 8.42 Å². The van der Waals surface area contributed by atoms with E-state index in [1.807, 2.05) is 23.4 Å². The molecule has 0 bridgehead atoms. The molecule has 1 aliphatic heterocycles. The number of benzene rings is 1. The first-order valence-electron chi connectivity index (χ1n) is 8.53. The summed E-state index contributed by atoms with van der Waals surface area (Å²) in [6, 6.07) is 7.54. The lowest BCUT2D eigenvalue weighted by atomic mass is 9.83. The van der Waals surface area contributed by atoms with Gasteiger partial charge in [-0.3, -0.25) is 0 Å². The Bertz CT molecular complexity index is 812. The van der Waals surface area contributed by atoms with E-state index in [1.54, 1.807) is 12.1 Å². The minimum absolute atomic E-state index is 0.192. The summed E-state index contributed by atoms with van der Waals surface area (Å²) >= 11 is 0. The van der Waals surface area contributed by atoms with Gasteiger partial charge in [-0.25, -0.2) is 8.42 Å². The standard InChI is InChI=1S/C18H21NO2S/c1-10-3-5-12(6-4-10)22(20,21)19-9-18-15-7-13-14(16(13)18)8-17(15,18)11(19)2/h3-6,11,13-16H,7-9H2,1-2H3. The van der Waals surface area contributed by atoms with E-state index in [2.05, 4.69) is 6.92 Å². The summed E-state index contributed by atoms with van der Waals surface area (Å²) in [5.41, 5.74) is 1.85. The Balaban J connectivity index is 1.42. The summed E-state index contributed by atoms with van der Waals surface area (Å²) in [6.07, 6.45) is 2.71. The molecule has 1 aromatic carbocycles. The van der Waals surface area contributed by atoms with Gasteiger partial charge < -0.3 is 0 Å². The lowest BCUT2D eigenvalue weighted by Gasteiger charge is -2.33. The highest BCUT2D eigenvalue weighted by Crippen LogP contribution is 2.99. The molecule has 116 valence electrons. The molecule has 0 N–H and O–H groups in total. The third-order valence-corrected chi connectivity index (χ3v) is 10.2. The molecule has 4 saturated carbocycles. The van der Waals surface area contributed by atoms with Gasteiger partial charge in [-0.05, 0) is 73.3 Å². The fraction of sp³-hybridized carbons (Fsp3) is 0.667. The van der Waals surface area contributed by atoms with Crippen molar-refractivity contribution in [3.63, 3.8) is 0 Å². The van der Waals surface area contributed by atoms with Gasteiger partial charge in [0.2, 0.25) is 10.0 Å². The minimum Gasteiger partial charge on any atom is -0.207 e. The summed E-state index contributed by atoms with van der Waals surface area (Å²) in [5, 5.41) is 0. The van der Waals surface area contributed by atoms with Crippen molar-refractivity contribution in [1.82, 2.24) is 4.31 Å². The van der Waals surface area contributed by atoms with Gasteiger partial charge in [-0.2, -0.15) is 4.31 Å². The van der Waals surface area contributed by atoms with Crippen molar-refractivity contribution in [3.8, 4) is 0 Å². The molecular weight excluding hydrogens is 294 g/mol. The number of nitrogens with zero attached hydrogens (tertiary/aromatic N) is 1. The molecule has 0 radical (unpaired) electrons. The number of hydrogen-bond donors (Lipinski definition) is 0. The molecule has 5 aliphatic rings. The van der Waals surface area contributed by atoms with Gasteiger partial charge in [0, 0.05) is 12.6 Å². The Kier molecular flexibility index (Phi) is 1.81. The smallest absolute Gasteiger partial charge is 0.207 e. The van der Waals surface area contributed by atoms with Crippen LogP contribution in [0, 0.1) is 41.4 Å². The average Bonchev–Trinajstić information content (AvgIpc) is 3.21. The fourth-order valence-electron chi connectivity index (χ4n) is 7.51. The van der Waals surface area contributed by atoms with Crippen LogP contribution in [0.15, 0.2) is 29.2 Å². The number of rotatable bonds is 2. The second-order valence-electron chi connectivity index (χ2n) is 8.47. The van der Waals surface area contributed by atoms with Gasteiger partial charge in [0.25, 0.3) is 0 Å². The van der Waals surface area contributed by atoms with E-state index in [1.165, 1.54) is 12.8 Å². The molecule has 1 heterocycles. The highest BCUT2D eigenvalue weighted by Gasteiger charge is 2.98. The number of fused-ring (bicyclic) bond motifs is 1. The maximum atomic E-state index is 13.1. The van der Waals surface area contributed by atoms with Crippen molar-refractivity contribution in [3.05, 3.63) is 29.8 Å². The van der Waals surface area contributed by atoms with Crippen molar-refractivity contribution in [1.29, 1.82) is 0 Å². The maximum Gasteiger partial charge on any atom is 0.243 e. The molecule has 0 aromatic heterocycles. The van der Waals surface area contributed by atoms with Crippen LogP contribution in [0.25, 0.3) is 0 Å². The fourth-order valence-corrected chi connectivity index (χ4v) is 9.25. The molecule has 4 aliphatic carbocycles. The third kappa shape index (κ3) is 0.979. The van der Waals surface area contributed by atoms with Crippen molar-refractivity contribution < 1.29 is 8.42 Å². The Hall–Kier alpha value is -0.870. The first-order valence-corrected chi connectivity index (χ1v) is 9.97. The van der Waals surface area contributed by atoms with Gasteiger partial charge in [0.15, 0.2) is 0 Å². The van der Waals surface area contributed by atoms with Gasteiger partial charge >= 0.3 is 0 Å². The van der Waals surface area contributed by atoms with Gasteiger partial charge in [0.1, 0.15) is 0 Å². The molecule has 22 heavy (non-hydrogen) atoms. The molecule has 7 atom stereocenters. The van der Waals surface area contributed by atoms with Gasteiger partial charge in [0.05, 0.1) is 4.90 Å². The highest BCUT2D eigenvalue weighted by atomic mass is 32.2. The molecule has 3 nitrogen and oxygen atoms in total. The topological polar surface area (TPSA) is 37.4 Å². The van der Waals surface area contributed by atoms with E-state index in [-0.39, 0.29) is 6.04 Å². The number of aryl methyl sites for hydroxylation is 1. The second kappa shape index (κ2) is 3.18. The number of hydrogen-bond acceptors (Lipinski definition) is 2. The molecule has 1 saturated heterocycles. The number of sulfonamides is 1. The van der Waals surface area contributed by atoms with Crippen molar-refractivity contribution >= 4 is 10.0 Å². The summed E-state index contributed by atoms with van der Waals surface area (Å²) in [7, 11) is -3.34. The zero-order valence-electron chi connectivity index (χ0n) is 13.0. The Morgan fingerprint density at radius 2 is 1.86 bits per heavy atom. The molecule has 1 aromatic rings. The van der Waals surface area contributed by atoms with Crippen LogP contribution in [0.5, 0.6) is 0 Å². The summed E-state index contributed by atoms with van der Waals surface area (Å²) in [5.74, 6) is 3.63. The quantitative estimate of drug-likeness (QED) is 0.841. The zero-order valence-corrected chi connectivity index (χ0v) is 13.8. The second-order valence-corrected chi connectivity index (χ2v) is 10.4. The highest BCUT2D eigenvalue weighted by molar-refractivity contribution is 7.89. The van der Waals surface area contributed by atoms with Crippen LogP contribution in [-0.4, -0.2) is 25.3 Å². The van der Waals surface area contributed by atoms with Crippen LogP contribution < -0.4 is 0 Å². The molecule has 1 spiro atoms. The molecule has 5 fully saturated rings. The Labute approximate surface area is 131 Å². The van der Waals surface area contributed by atoms with E-state index >= 15 is 0 Å². The van der Waals surface area contributed by atoms with Crippen LogP contribution in [0.1, 0.15) is 25.3 Å². The molecule has 6 rings (SSSR count). The summed E-state index contributed by atoms with van der Waals surface area (Å²) in [6.45, 7) is 4.97. The monoisotopic (exact) mass is 315 g/mol. The van der Waals surface area contributed by atoms with Gasteiger partial charge in [-0.1, -0.05) is 17.7 Å². The van der Waals surface area contributed by atoms with Crippen LogP contribution in [-0.2, 0) is 10.0 Å². The summed E-state index contributed by atoms with van der Waals surface area (Å²) < 4.78 is 28.1. The zero-order chi connectivity index (χ0) is 15.1. The Morgan fingerprint density at radius 3 is 2.50 bits per heavy atom. The van der Waals surface area contributed by atoms with Crippen molar-refractivity contribution in [2.45, 2.75) is 37.6 Å². The lowest BCUT2D eigenvalue weighted by molar-refractivity contribution is 0.212. The SMILES string of the molecule is Cc1ccc(S(=O)(=O)N2CC34C5C6CC3C4(CC65)C2C)cc1. The number of piperidine rings is 1. The Morgan fingerprint density at radius 1 is 1.14 bits per heavy atom. The predicted molar refractivity (Wildman–Crippen MR) is 82.6 cm³/mol. The molecule has 4 heteroatoms. The molecule has 7 unspecified atom stereocenters. The summed E-state index contributed by atoms with van der Waals surface area (Å²) in [4.78, 5) is 0.469. The average molecular weight is 315 g/mol. The maximum absolute atomic E-state index is 13.1. The predicted octanol–water partition coefficient (Wildman–Crippen LogP) is 2.66. The van der Waals surface area contributed by atoms with E-state index in [4.69, 9.17) is 0 Å². The van der Waals surface area contributed by atoms with Crippen molar-refractivity contribution in [2.75, 3.05) is 6.54 Å². The normalized spacial score (nSPS) is 53.5. The van der Waals surface area contributed by atoms with Crippen molar-refractivity contribution in [2.24, 2.45) is 34.5 Å². The van der Waals surface area contributed by atoms with Crippen LogP contribution in [0.3, 0.4) is 0 Å². The van der Waals surface area contributed by atoms with Crippen LogP contribution in [0.2, 0.25) is 0 Å². The van der Waals surface area contributed by atoms with Crippen LogP contribution >= 0.6 is 0 Å². The van der Waals surface area contributed by atoms with E-state index < -0.39 is 10.0 Å². The molecule has 0 amide bonds. The lowest BCUT2D eigenvalue weighted by Crippen LogP contribution is -2.42. The van der Waals surface area contributed by atoms with Crippen LogP contribution in [0.4, 0.5) is 0 Å². The first kappa shape index (κ1) is 12.5. The third-order valence-electron chi connectivity index (χ3n) is 8.26. The van der Waals surface area contributed by atoms with Gasteiger partial charge in [-0.15, -0.1) is 0 Å². The largest absolute Gasteiger partial charge is 0.243 e. The first-order chi connectivity index (χ1) is 10.4. The minimum atomic E-state index is -3.34. The van der Waals surface area contributed by atoms with E-state index in [0.29, 0.717) is 15.7 Å². The van der Waals surface area contributed by atoms with E-state index in [0.717, 1.165) is 35.8 Å².